The van der Waals surface area contributed by atoms with Crippen molar-refractivity contribution in [2.24, 2.45) is 5.92 Å². The lowest BCUT2D eigenvalue weighted by atomic mass is 10.1. The number of nitrogens with zero attached hydrogens (tertiary/aromatic N) is 1. The Morgan fingerprint density at radius 3 is 2.26 bits per heavy atom. The Labute approximate surface area is 115 Å². The molecule has 0 saturated carbocycles. The van der Waals surface area contributed by atoms with E-state index in [0.717, 1.165) is 0 Å². The van der Waals surface area contributed by atoms with Crippen LogP contribution in [0.2, 0.25) is 0 Å². The maximum absolute atomic E-state index is 12.2. The van der Waals surface area contributed by atoms with Crippen LogP contribution in [0.5, 0.6) is 0 Å². The van der Waals surface area contributed by atoms with Crippen LogP contribution in [0.25, 0.3) is 0 Å². The van der Waals surface area contributed by atoms with Crippen molar-refractivity contribution in [2.75, 3.05) is 20.3 Å². The van der Waals surface area contributed by atoms with Gasteiger partial charge in [-0.2, -0.15) is 0 Å². The number of ether oxygens (including phenoxy) is 1. The number of amides is 2. The molecule has 0 aliphatic carbocycles. The summed E-state index contributed by atoms with van der Waals surface area (Å²) in [7, 11) is 1.59. The molecule has 6 heteroatoms. The number of aliphatic carboxylic acids is 1. The smallest absolute Gasteiger partial charge is 0.317 e. The third kappa shape index (κ3) is 6.42. The van der Waals surface area contributed by atoms with E-state index in [2.05, 4.69) is 5.32 Å². The average molecular weight is 274 g/mol. The molecule has 0 saturated heterocycles. The van der Waals surface area contributed by atoms with Gasteiger partial charge in [0.2, 0.25) is 0 Å². The van der Waals surface area contributed by atoms with Gasteiger partial charge < -0.3 is 20.1 Å². The molecule has 0 aliphatic heterocycles. The fourth-order valence-electron chi connectivity index (χ4n) is 1.84. The molecule has 0 aromatic rings. The van der Waals surface area contributed by atoms with Gasteiger partial charge in [-0.3, -0.25) is 4.79 Å². The van der Waals surface area contributed by atoms with Crippen LogP contribution < -0.4 is 5.32 Å². The minimum atomic E-state index is -0.906. The van der Waals surface area contributed by atoms with Crippen molar-refractivity contribution < 1.29 is 19.4 Å². The molecule has 2 amide bonds. The minimum Gasteiger partial charge on any atom is -0.481 e. The zero-order valence-electron chi connectivity index (χ0n) is 12.5. The first-order valence-electron chi connectivity index (χ1n) is 6.61. The first-order chi connectivity index (χ1) is 8.83. The molecule has 0 radical (unpaired) electrons. The Balaban J connectivity index is 4.60. The van der Waals surface area contributed by atoms with Gasteiger partial charge >= 0.3 is 12.0 Å². The molecule has 0 fully saturated rings. The Kier molecular flexibility index (Phi) is 8.14. The summed E-state index contributed by atoms with van der Waals surface area (Å²) >= 11 is 0. The second-order valence-electron chi connectivity index (χ2n) is 4.99. The highest BCUT2D eigenvalue weighted by Crippen LogP contribution is 2.07. The third-order valence-electron chi connectivity index (χ3n) is 3.06. The van der Waals surface area contributed by atoms with Crippen LogP contribution >= 0.6 is 0 Å². The summed E-state index contributed by atoms with van der Waals surface area (Å²) in [5, 5.41) is 11.7. The molecule has 0 heterocycles. The molecule has 2 N–H and O–H groups in total. The first-order valence-corrected chi connectivity index (χ1v) is 6.61. The highest BCUT2D eigenvalue weighted by atomic mass is 16.5. The molecule has 0 rings (SSSR count). The number of urea groups is 1. The lowest BCUT2D eigenvalue weighted by Crippen LogP contribution is -2.51. The SMILES string of the molecule is CCN(C(=O)NC(COC)C(C)C)C(C)CC(=O)O. The molecular formula is C13H26N2O4. The maximum atomic E-state index is 12.2. The monoisotopic (exact) mass is 274 g/mol. The summed E-state index contributed by atoms with van der Waals surface area (Å²) in [6, 6.07) is -0.659. The van der Waals surface area contributed by atoms with E-state index in [4.69, 9.17) is 9.84 Å². The summed E-state index contributed by atoms with van der Waals surface area (Å²) in [6.45, 7) is 8.48. The van der Waals surface area contributed by atoms with Gasteiger partial charge in [-0.25, -0.2) is 4.79 Å². The predicted octanol–water partition coefficient (Wildman–Crippen LogP) is 1.55. The summed E-state index contributed by atoms with van der Waals surface area (Å²) in [6.07, 6.45) is -0.0577. The van der Waals surface area contributed by atoms with E-state index in [1.54, 1.807) is 14.0 Å². The number of hydrogen-bond donors (Lipinski definition) is 2. The van der Waals surface area contributed by atoms with Gasteiger partial charge in [0.1, 0.15) is 0 Å². The van der Waals surface area contributed by atoms with E-state index in [0.29, 0.717) is 13.2 Å². The quantitative estimate of drug-likeness (QED) is 0.704. The Hall–Kier alpha value is -1.30. The van der Waals surface area contributed by atoms with E-state index < -0.39 is 5.97 Å². The summed E-state index contributed by atoms with van der Waals surface area (Å²) in [5.74, 6) is -0.659. The molecule has 0 aromatic heterocycles. The van der Waals surface area contributed by atoms with Gasteiger partial charge in [-0.15, -0.1) is 0 Å². The normalized spacial score (nSPS) is 14.0. The third-order valence-corrected chi connectivity index (χ3v) is 3.06. The minimum absolute atomic E-state index is 0.0577. The number of nitrogens with one attached hydrogen (secondary N) is 1. The average Bonchev–Trinajstić information content (AvgIpc) is 2.28. The van der Waals surface area contributed by atoms with Crippen molar-refractivity contribution in [1.82, 2.24) is 10.2 Å². The van der Waals surface area contributed by atoms with Crippen molar-refractivity contribution in [2.45, 2.75) is 46.2 Å². The van der Waals surface area contributed by atoms with Crippen LogP contribution in [-0.2, 0) is 9.53 Å². The topological polar surface area (TPSA) is 78.9 Å². The summed E-state index contributed by atoms with van der Waals surface area (Å²) < 4.78 is 5.08. The molecule has 19 heavy (non-hydrogen) atoms. The molecule has 0 aliphatic rings. The van der Waals surface area contributed by atoms with Gasteiger partial charge in [0, 0.05) is 19.7 Å². The molecule has 0 spiro atoms. The van der Waals surface area contributed by atoms with Crippen molar-refractivity contribution in [3.63, 3.8) is 0 Å². The lowest BCUT2D eigenvalue weighted by molar-refractivity contribution is -0.138. The van der Waals surface area contributed by atoms with Gasteiger partial charge in [0.05, 0.1) is 19.1 Å². The Morgan fingerprint density at radius 1 is 1.32 bits per heavy atom. The van der Waals surface area contributed by atoms with Gasteiger partial charge in [0.25, 0.3) is 0 Å². The highest BCUT2D eigenvalue weighted by molar-refractivity contribution is 5.76. The largest absolute Gasteiger partial charge is 0.481 e. The van der Waals surface area contributed by atoms with Crippen LogP contribution in [0.15, 0.2) is 0 Å². The van der Waals surface area contributed by atoms with Gasteiger partial charge in [-0.05, 0) is 19.8 Å². The lowest BCUT2D eigenvalue weighted by Gasteiger charge is -2.30. The van der Waals surface area contributed by atoms with E-state index in [9.17, 15) is 9.59 Å². The van der Waals surface area contributed by atoms with E-state index >= 15 is 0 Å². The fourth-order valence-corrected chi connectivity index (χ4v) is 1.84. The van der Waals surface area contributed by atoms with Gasteiger partial charge in [0.15, 0.2) is 0 Å². The van der Waals surface area contributed by atoms with E-state index in [1.165, 1.54) is 4.90 Å². The number of methoxy groups -OCH3 is 1. The number of hydrogen-bond acceptors (Lipinski definition) is 3. The van der Waals surface area contributed by atoms with Crippen molar-refractivity contribution in [3.8, 4) is 0 Å². The van der Waals surface area contributed by atoms with Crippen LogP contribution in [0.4, 0.5) is 4.79 Å². The zero-order valence-corrected chi connectivity index (χ0v) is 12.5. The standard InChI is InChI=1S/C13H26N2O4/c1-6-15(10(4)7-12(16)17)13(18)14-11(8-19-5)9(2)3/h9-11H,6-8H2,1-5H3,(H,14,18)(H,16,17). The fraction of sp³-hybridized carbons (Fsp3) is 0.846. The molecule has 2 atom stereocenters. The molecule has 6 nitrogen and oxygen atoms in total. The maximum Gasteiger partial charge on any atom is 0.317 e. The van der Waals surface area contributed by atoms with Crippen LogP contribution in [0.3, 0.4) is 0 Å². The highest BCUT2D eigenvalue weighted by Gasteiger charge is 2.24. The van der Waals surface area contributed by atoms with Gasteiger partial charge in [-0.1, -0.05) is 13.8 Å². The second kappa shape index (κ2) is 8.74. The predicted molar refractivity (Wildman–Crippen MR) is 73.1 cm³/mol. The zero-order chi connectivity index (χ0) is 15.0. The van der Waals surface area contributed by atoms with Crippen LogP contribution in [-0.4, -0.2) is 54.4 Å². The van der Waals surface area contributed by atoms with Crippen molar-refractivity contribution in [3.05, 3.63) is 0 Å². The molecule has 0 aromatic carbocycles. The molecule has 2 unspecified atom stereocenters. The number of rotatable bonds is 8. The van der Waals surface area contributed by atoms with E-state index in [1.807, 2.05) is 20.8 Å². The first kappa shape index (κ1) is 17.7. The number of carbonyl (C=O) groups is 2. The number of carboxylic acid groups (broad SMARTS) is 1. The second-order valence-corrected chi connectivity index (χ2v) is 4.99. The molecule has 0 bridgehead atoms. The number of carbonyl (C=O) groups excluding carboxylic acids is 1. The van der Waals surface area contributed by atoms with Crippen molar-refractivity contribution in [1.29, 1.82) is 0 Å². The van der Waals surface area contributed by atoms with Crippen LogP contribution in [0.1, 0.15) is 34.1 Å². The van der Waals surface area contributed by atoms with Crippen molar-refractivity contribution >= 4 is 12.0 Å². The van der Waals surface area contributed by atoms with Crippen LogP contribution in [0, 0.1) is 5.92 Å². The number of carboxylic acids is 1. The van der Waals surface area contributed by atoms with E-state index in [-0.39, 0.29) is 30.5 Å². The molecular weight excluding hydrogens is 248 g/mol. The Bertz CT molecular complexity index is 294. The molecule has 112 valence electrons. The Morgan fingerprint density at radius 2 is 1.89 bits per heavy atom. The summed E-state index contributed by atoms with van der Waals surface area (Å²) in [5.41, 5.74) is 0. The summed E-state index contributed by atoms with van der Waals surface area (Å²) in [4.78, 5) is 24.4.